The Balaban J connectivity index is 2.49. The fourth-order valence-corrected chi connectivity index (χ4v) is 1.44. The van der Waals surface area contributed by atoms with Gasteiger partial charge in [0.1, 0.15) is 12.6 Å². The van der Waals surface area contributed by atoms with Gasteiger partial charge in [-0.1, -0.05) is 30.3 Å². The van der Waals surface area contributed by atoms with Crippen LogP contribution >= 0.6 is 0 Å². The van der Waals surface area contributed by atoms with E-state index in [0.717, 1.165) is 0 Å². The van der Waals surface area contributed by atoms with Crippen LogP contribution in [0.25, 0.3) is 0 Å². The van der Waals surface area contributed by atoms with Gasteiger partial charge in [0.15, 0.2) is 6.17 Å². The summed E-state index contributed by atoms with van der Waals surface area (Å²) in [4.78, 5) is 32.6. The first-order valence-electron chi connectivity index (χ1n) is 5.97. The van der Waals surface area contributed by atoms with E-state index in [1.165, 1.54) is 0 Å². The third-order valence-corrected chi connectivity index (χ3v) is 2.51. The van der Waals surface area contributed by atoms with E-state index >= 15 is 0 Å². The van der Waals surface area contributed by atoms with Crippen molar-refractivity contribution in [2.24, 2.45) is 0 Å². The van der Waals surface area contributed by atoms with Crippen molar-refractivity contribution < 1.29 is 33.7 Å². The molecule has 0 radical (unpaired) electrons. The largest absolute Gasteiger partial charge is 0.480 e. The van der Waals surface area contributed by atoms with E-state index in [-0.39, 0.29) is 6.61 Å². The SMILES string of the molecule is O=C(N[C@@H](C[C@H](F)C(=O)O)C(=O)O)OCc1ccccc1. The van der Waals surface area contributed by atoms with Gasteiger partial charge in [-0.15, -0.1) is 0 Å². The highest BCUT2D eigenvalue weighted by molar-refractivity contribution is 5.81. The number of benzene rings is 1. The number of rotatable bonds is 7. The van der Waals surface area contributed by atoms with E-state index < -0.39 is 36.7 Å². The smallest absolute Gasteiger partial charge is 0.408 e. The Bertz CT molecular complexity index is 507. The molecule has 1 amide bonds. The Morgan fingerprint density at radius 2 is 1.76 bits per heavy atom. The monoisotopic (exact) mass is 299 g/mol. The van der Waals surface area contributed by atoms with Crippen molar-refractivity contribution in [3.8, 4) is 0 Å². The van der Waals surface area contributed by atoms with E-state index in [2.05, 4.69) is 0 Å². The predicted molar refractivity (Wildman–Crippen MR) is 68.3 cm³/mol. The second-order valence-corrected chi connectivity index (χ2v) is 4.14. The Morgan fingerprint density at radius 3 is 2.29 bits per heavy atom. The molecule has 7 nitrogen and oxygen atoms in total. The Hall–Kier alpha value is -2.64. The van der Waals surface area contributed by atoms with Crippen LogP contribution in [0.1, 0.15) is 12.0 Å². The van der Waals surface area contributed by atoms with Gasteiger partial charge in [0.05, 0.1) is 0 Å². The van der Waals surface area contributed by atoms with Crippen molar-refractivity contribution >= 4 is 18.0 Å². The average Bonchev–Trinajstić information content (AvgIpc) is 2.45. The molecule has 3 N–H and O–H groups in total. The van der Waals surface area contributed by atoms with Crippen LogP contribution in [0.3, 0.4) is 0 Å². The van der Waals surface area contributed by atoms with Crippen molar-refractivity contribution in [2.75, 3.05) is 0 Å². The van der Waals surface area contributed by atoms with Gasteiger partial charge in [-0.3, -0.25) is 0 Å². The van der Waals surface area contributed by atoms with E-state index in [9.17, 15) is 18.8 Å². The minimum Gasteiger partial charge on any atom is -0.480 e. The molecule has 1 aromatic rings. The van der Waals surface area contributed by atoms with Gasteiger partial charge in [-0.25, -0.2) is 18.8 Å². The molecule has 114 valence electrons. The van der Waals surface area contributed by atoms with Crippen LogP contribution in [0.2, 0.25) is 0 Å². The maximum Gasteiger partial charge on any atom is 0.408 e. The number of aliphatic carboxylic acids is 2. The molecule has 0 fully saturated rings. The second kappa shape index (κ2) is 7.83. The fourth-order valence-electron chi connectivity index (χ4n) is 1.44. The molecule has 1 aromatic carbocycles. The Morgan fingerprint density at radius 1 is 1.14 bits per heavy atom. The van der Waals surface area contributed by atoms with Crippen LogP contribution in [-0.4, -0.2) is 40.5 Å². The van der Waals surface area contributed by atoms with E-state index in [0.29, 0.717) is 5.56 Å². The summed E-state index contributed by atoms with van der Waals surface area (Å²) < 4.78 is 17.7. The molecule has 0 heterocycles. The summed E-state index contributed by atoms with van der Waals surface area (Å²) in [5.74, 6) is -3.34. The lowest BCUT2D eigenvalue weighted by Crippen LogP contribution is -2.43. The number of ether oxygens (including phenoxy) is 1. The molecule has 0 bridgehead atoms. The van der Waals surface area contributed by atoms with Crippen LogP contribution in [0.4, 0.5) is 9.18 Å². The minimum atomic E-state index is -2.39. The Kier molecular flexibility index (Phi) is 6.12. The van der Waals surface area contributed by atoms with Gasteiger partial charge >= 0.3 is 18.0 Å². The molecule has 2 atom stereocenters. The number of alkyl halides is 1. The zero-order valence-electron chi connectivity index (χ0n) is 10.9. The number of nitrogens with one attached hydrogen (secondary N) is 1. The topological polar surface area (TPSA) is 113 Å². The fraction of sp³-hybridized carbons (Fsp3) is 0.308. The summed E-state index contributed by atoms with van der Waals surface area (Å²) in [5.41, 5.74) is 0.688. The summed E-state index contributed by atoms with van der Waals surface area (Å²) in [6.07, 6.45) is -4.34. The lowest BCUT2D eigenvalue weighted by Gasteiger charge is -2.15. The second-order valence-electron chi connectivity index (χ2n) is 4.14. The van der Waals surface area contributed by atoms with Gasteiger partial charge in [0.25, 0.3) is 0 Å². The van der Waals surface area contributed by atoms with Gasteiger partial charge in [0.2, 0.25) is 0 Å². The molecule has 0 saturated heterocycles. The molecule has 0 aliphatic rings. The molecule has 0 saturated carbocycles. The maximum atomic E-state index is 13.0. The molecule has 0 aliphatic heterocycles. The highest BCUT2D eigenvalue weighted by Crippen LogP contribution is 2.05. The van der Waals surface area contributed by atoms with Crippen LogP contribution in [0, 0.1) is 0 Å². The highest BCUT2D eigenvalue weighted by atomic mass is 19.1. The van der Waals surface area contributed by atoms with Crippen LogP contribution in [0.5, 0.6) is 0 Å². The van der Waals surface area contributed by atoms with Gasteiger partial charge in [0, 0.05) is 6.42 Å². The van der Waals surface area contributed by atoms with Crippen molar-refractivity contribution in [1.29, 1.82) is 0 Å². The summed E-state index contributed by atoms with van der Waals surface area (Å²) in [7, 11) is 0. The molecule has 8 heteroatoms. The number of hydrogen-bond donors (Lipinski definition) is 3. The van der Waals surface area contributed by atoms with Crippen LogP contribution in [-0.2, 0) is 20.9 Å². The first kappa shape index (κ1) is 16.4. The first-order valence-corrected chi connectivity index (χ1v) is 5.97. The normalized spacial score (nSPS) is 13.0. The lowest BCUT2D eigenvalue weighted by atomic mass is 10.1. The third-order valence-electron chi connectivity index (χ3n) is 2.51. The van der Waals surface area contributed by atoms with E-state index in [1.807, 2.05) is 5.32 Å². The number of carbonyl (C=O) groups is 3. The summed E-state index contributed by atoms with van der Waals surface area (Å²) >= 11 is 0. The zero-order chi connectivity index (χ0) is 15.8. The molecule has 1 rings (SSSR count). The van der Waals surface area contributed by atoms with Gasteiger partial charge < -0.3 is 20.3 Å². The molecular weight excluding hydrogens is 285 g/mol. The molecule has 0 unspecified atom stereocenters. The molecule has 0 aliphatic carbocycles. The summed E-state index contributed by atoms with van der Waals surface area (Å²) in [6, 6.07) is 6.96. The van der Waals surface area contributed by atoms with Gasteiger partial charge in [-0.2, -0.15) is 0 Å². The highest BCUT2D eigenvalue weighted by Gasteiger charge is 2.28. The number of halogens is 1. The number of hydrogen-bond acceptors (Lipinski definition) is 4. The zero-order valence-corrected chi connectivity index (χ0v) is 10.9. The van der Waals surface area contributed by atoms with Crippen molar-refractivity contribution in [3.05, 3.63) is 35.9 Å². The lowest BCUT2D eigenvalue weighted by molar-refractivity contribution is -0.145. The van der Waals surface area contributed by atoms with Crippen molar-refractivity contribution in [3.63, 3.8) is 0 Å². The standard InChI is InChI=1S/C13H14FNO6/c14-9(11(16)17)6-10(12(18)19)15-13(20)21-7-8-4-2-1-3-5-8/h1-5,9-10H,6-7H2,(H,15,20)(H,16,17)(H,18,19)/t9-,10-/m0/s1. The minimum absolute atomic E-state index is 0.0863. The number of carbonyl (C=O) groups excluding carboxylic acids is 1. The van der Waals surface area contributed by atoms with Crippen molar-refractivity contribution in [1.82, 2.24) is 5.32 Å². The number of amides is 1. The third kappa shape index (κ3) is 5.89. The molecule has 0 aromatic heterocycles. The quantitative estimate of drug-likeness (QED) is 0.696. The van der Waals surface area contributed by atoms with Crippen LogP contribution < -0.4 is 5.32 Å². The van der Waals surface area contributed by atoms with E-state index in [1.54, 1.807) is 30.3 Å². The summed E-state index contributed by atoms with van der Waals surface area (Å²) in [6.45, 7) is -0.0863. The average molecular weight is 299 g/mol. The van der Waals surface area contributed by atoms with Crippen LogP contribution in [0.15, 0.2) is 30.3 Å². The number of carboxylic acids is 2. The molecule has 0 spiro atoms. The maximum absolute atomic E-state index is 13.0. The number of alkyl carbamates (subject to hydrolysis) is 1. The molecular formula is C13H14FNO6. The Labute approximate surface area is 119 Å². The summed E-state index contributed by atoms with van der Waals surface area (Å²) in [5, 5.41) is 19.1. The van der Waals surface area contributed by atoms with Crippen molar-refractivity contribution in [2.45, 2.75) is 25.2 Å². The van der Waals surface area contributed by atoms with Gasteiger partial charge in [-0.05, 0) is 5.56 Å². The first-order chi connectivity index (χ1) is 9.90. The van der Waals surface area contributed by atoms with E-state index in [4.69, 9.17) is 14.9 Å². The molecule has 21 heavy (non-hydrogen) atoms. The predicted octanol–water partition coefficient (Wildman–Crippen LogP) is 1.18. The number of carboxylic acid groups (broad SMARTS) is 2.